The van der Waals surface area contributed by atoms with Crippen molar-refractivity contribution in [2.45, 2.75) is 45.6 Å². The standard InChI is InChI=1S/C9H18O3/c1-3-4-5-6-12-8(2)7-9(10)11/h8H,3-7H2,1-2H3,(H,10,11)/t8-/m1/s1. The second kappa shape index (κ2) is 7.10. The van der Waals surface area contributed by atoms with Gasteiger partial charge in [0.25, 0.3) is 0 Å². The van der Waals surface area contributed by atoms with Crippen molar-refractivity contribution in [1.82, 2.24) is 0 Å². The third kappa shape index (κ3) is 7.54. The van der Waals surface area contributed by atoms with Crippen molar-refractivity contribution in [1.29, 1.82) is 0 Å². The molecule has 0 aromatic rings. The Bertz CT molecular complexity index is 123. The second-order valence-electron chi connectivity index (χ2n) is 2.99. The van der Waals surface area contributed by atoms with Gasteiger partial charge < -0.3 is 9.84 Å². The summed E-state index contributed by atoms with van der Waals surface area (Å²) in [6, 6.07) is 0. The Kier molecular flexibility index (Phi) is 6.76. The Balaban J connectivity index is 3.19. The Labute approximate surface area is 73.7 Å². The van der Waals surface area contributed by atoms with E-state index in [1.807, 2.05) is 0 Å². The van der Waals surface area contributed by atoms with Crippen LogP contribution < -0.4 is 0 Å². The number of hydrogen-bond acceptors (Lipinski definition) is 2. The summed E-state index contributed by atoms with van der Waals surface area (Å²) in [6.07, 6.45) is 3.29. The maximum absolute atomic E-state index is 10.2. The first kappa shape index (κ1) is 11.4. The van der Waals surface area contributed by atoms with Gasteiger partial charge in [0.05, 0.1) is 12.5 Å². The molecule has 0 radical (unpaired) electrons. The highest BCUT2D eigenvalue weighted by molar-refractivity contribution is 5.67. The molecule has 12 heavy (non-hydrogen) atoms. The topological polar surface area (TPSA) is 46.5 Å². The van der Waals surface area contributed by atoms with E-state index in [1.165, 1.54) is 0 Å². The molecule has 0 heterocycles. The number of rotatable bonds is 7. The maximum atomic E-state index is 10.2. The number of aliphatic carboxylic acids is 1. The second-order valence-corrected chi connectivity index (χ2v) is 2.99. The molecule has 0 amide bonds. The van der Waals surface area contributed by atoms with Gasteiger partial charge in [0.15, 0.2) is 0 Å². The van der Waals surface area contributed by atoms with Gasteiger partial charge in [-0.3, -0.25) is 4.79 Å². The van der Waals surface area contributed by atoms with E-state index >= 15 is 0 Å². The zero-order valence-corrected chi connectivity index (χ0v) is 7.88. The number of carboxylic acid groups (broad SMARTS) is 1. The third-order valence-electron chi connectivity index (χ3n) is 1.61. The van der Waals surface area contributed by atoms with Gasteiger partial charge in [-0.15, -0.1) is 0 Å². The predicted octanol–water partition coefficient (Wildman–Crippen LogP) is 2.06. The Morgan fingerprint density at radius 1 is 1.50 bits per heavy atom. The molecule has 0 bridgehead atoms. The van der Waals surface area contributed by atoms with Crippen LogP contribution in [0.5, 0.6) is 0 Å². The minimum Gasteiger partial charge on any atom is -0.481 e. The normalized spacial score (nSPS) is 12.8. The minimum atomic E-state index is -0.794. The van der Waals surface area contributed by atoms with Gasteiger partial charge in [0.1, 0.15) is 0 Å². The summed E-state index contributed by atoms with van der Waals surface area (Å²) < 4.78 is 5.27. The van der Waals surface area contributed by atoms with Crippen molar-refractivity contribution in [3.05, 3.63) is 0 Å². The van der Waals surface area contributed by atoms with Crippen LogP contribution in [0.15, 0.2) is 0 Å². The highest BCUT2D eigenvalue weighted by Gasteiger charge is 2.06. The van der Waals surface area contributed by atoms with Crippen LogP contribution in [-0.2, 0) is 9.53 Å². The Morgan fingerprint density at radius 3 is 2.67 bits per heavy atom. The highest BCUT2D eigenvalue weighted by atomic mass is 16.5. The first-order valence-electron chi connectivity index (χ1n) is 4.50. The van der Waals surface area contributed by atoms with Crippen LogP contribution in [0, 0.1) is 0 Å². The van der Waals surface area contributed by atoms with Crippen molar-refractivity contribution < 1.29 is 14.6 Å². The van der Waals surface area contributed by atoms with Gasteiger partial charge in [-0.2, -0.15) is 0 Å². The smallest absolute Gasteiger partial charge is 0.305 e. The minimum absolute atomic E-state index is 0.103. The fourth-order valence-corrected chi connectivity index (χ4v) is 0.941. The predicted molar refractivity (Wildman–Crippen MR) is 47.2 cm³/mol. The van der Waals surface area contributed by atoms with E-state index in [9.17, 15) is 4.79 Å². The van der Waals surface area contributed by atoms with Crippen LogP contribution in [0.25, 0.3) is 0 Å². The largest absolute Gasteiger partial charge is 0.481 e. The highest BCUT2D eigenvalue weighted by Crippen LogP contribution is 2.00. The molecule has 0 aromatic carbocycles. The molecular weight excluding hydrogens is 156 g/mol. The number of hydrogen-bond donors (Lipinski definition) is 1. The lowest BCUT2D eigenvalue weighted by atomic mass is 10.2. The molecule has 0 aliphatic carbocycles. The summed E-state index contributed by atoms with van der Waals surface area (Å²) in [5.74, 6) is -0.794. The molecule has 0 spiro atoms. The summed E-state index contributed by atoms with van der Waals surface area (Å²) in [4.78, 5) is 10.2. The molecule has 0 aliphatic rings. The lowest BCUT2D eigenvalue weighted by Crippen LogP contribution is -2.14. The first-order valence-corrected chi connectivity index (χ1v) is 4.50. The van der Waals surface area contributed by atoms with E-state index in [2.05, 4.69) is 6.92 Å². The van der Waals surface area contributed by atoms with Crippen molar-refractivity contribution in [2.24, 2.45) is 0 Å². The van der Waals surface area contributed by atoms with Crippen LogP contribution >= 0.6 is 0 Å². The van der Waals surface area contributed by atoms with E-state index < -0.39 is 5.97 Å². The molecule has 0 saturated carbocycles. The van der Waals surface area contributed by atoms with Crippen LogP contribution in [0.3, 0.4) is 0 Å². The van der Waals surface area contributed by atoms with E-state index in [-0.39, 0.29) is 12.5 Å². The van der Waals surface area contributed by atoms with E-state index in [0.29, 0.717) is 6.61 Å². The molecule has 1 N–H and O–H groups in total. The molecule has 3 heteroatoms. The number of carbonyl (C=O) groups is 1. The molecule has 72 valence electrons. The molecule has 0 unspecified atom stereocenters. The van der Waals surface area contributed by atoms with Crippen LogP contribution in [0.2, 0.25) is 0 Å². The molecule has 1 atom stereocenters. The zero-order chi connectivity index (χ0) is 9.40. The quantitative estimate of drug-likeness (QED) is 0.601. The summed E-state index contributed by atoms with van der Waals surface area (Å²) in [7, 11) is 0. The summed E-state index contributed by atoms with van der Waals surface area (Å²) in [6.45, 7) is 4.60. The van der Waals surface area contributed by atoms with Gasteiger partial charge in [-0.05, 0) is 13.3 Å². The van der Waals surface area contributed by atoms with Gasteiger partial charge in [0.2, 0.25) is 0 Å². The first-order chi connectivity index (χ1) is 5.66. The fourth-order valence-electron chi connectivity index (χ4n) is 0.941. The SMILES string of the molecule is CCCCCO[C@H](C)CC(=O)O. The van der Waals surface area contributed by atoms with Crippen molar-refractivity contribution in [3.8, 4) is 0 Å². The van der Waals surface area contributed by atoms with Gasteiger partial charge in [-0.1, -0.05) is 19.8 Å². The maximum Gasteiger partial charge on any atom is 0.305 e. The van der Waals surface area contributed by atoms with E-state index in [4.69, 9.17) is 9.84 Å². The molecule has 0 fully saturated rings. The summed E-state index contributed by atoms with van der Waals surface area (Å²) >= 11 is 0. The van der Waals surface area contributed by atoms with Crippen molar-refractivity contribution >= 4 is 5.97 Å². The average Bonchev–Trinajstić information content (AvgIpc) is 1.97. The van der Waals surface area contributed by atoms with E-state index in [0.717, 1.165) is 19.3 Å². The molecular formula is C9H18O3. The molecule has 3 nitrogen and oxygen atoms in total. The lowest BCUT2D eigenvalue weighted by molar-refractivity contribution is -0.139. The van der Waals surface area contributed by atoms with Crippen LogP contribution in [0.1, 0.15) is 39.5 Å². The number of unbranched alkanes of at least 4 members (excludes halogenated alkanes) is 2. The van der Waals surface area contributed by atoms with Gasteiger partial charge in [-0.25, -0.2) is 0 Å². The van der Waals surface area contributed by atoms with Crippen LogP contribution in [0.4, 0.5) is 0 Å². The monoisotopic (exact) mass is 174 g/mol. The number of carboxylic acids is 1. The van der Waals surface area contributed by atoms with Crippen molar-refractivity contribution in [3.63, 3.8) is 0 Å². The molecule has 0 aromatic heterocycles. The fraction of sp³-hybridized carbons (Fsp3) is 0.889. The molecule has 0 rings (SSSR count). The van der Waals surface area contributed by atoms with Crippen molar-refractivity contribution in [2.75, 3.05) is 6.61 Å². The molecule has 0 aliphatic heterocycles. The Hall–Kier alpha value is -0.570. The average molecular weight is 174 g/mol. The van der Waals surface area contributed by atoms with Crippen LogP contribution in [-0.4, -0.2) is 23.8 Å². The van der Waals surface area contributed by atoms with Gasteiger partial charge in [0, 0.05) is 6.61 Å². The Morgan fingerprint density at radius 2 is 2.17 bits per heavy atom. The third-order valence-corrected chi connectivity index (χ3v) is 1.61. The molecule has 0 saturated heterocycles. The van der Waals surface area contributed by atoms with E-state index in [1.54, 1.807) is 6.92 Å². The summed E-state index contributed by atoms with van der Waals surface area (Å²) in [5.41, 5.74) is 0. The lowest BCUT2D eigenvalue weighted by Gasteiger charge is -2.09. The number of ether oxygens (including phenoxy) is 1. The zero-order valence-electron chi connectivity index (χ0n) is 7.88. The van der Waals surface area contributed by atoms with Gasteiger partial charge >= 0.3 is 5.97 Å². The summed E-state index contributed by atoms with van der Waals surface area (Å²) in [5, 5.41) is 8.41.